The van der Waals surface area contributed by atoms with Gasteiger partial charge in [-0.3, -0.25) is 0 Å². The van der Waals surface area contributed by atoms with Crippen molar-refractivity contribution in [1.82, 2.24) is 4.98 Å². The summed E-state index contributed by atoms with van der Waals surface area (Å²) < 4.78 is 5.64. The Morgan fingerprint density at radius 1 is 1.47 bits per heavy atom. The molecule has 1 aromatic carbocycles. The number of ether oxygens (including phenoxy) is 1. The summed E-state index contributed by atoms with van der Waals surface area (Å²) in [5.41, 5.74) is 1.75. The maximum Gasteiger partial charge on any atom is 0.347 e. The smallest absolute Gasteiger partial charge is 0.347 e. The molecule has 2 rings (SSSR count). The fourth-order valence-corrected chi connectivity index (χ4v) is 2.53. The first kappa shape index (κ1) is 13.5. The quantitative estimate of drug-likeness (QED) is 0.911. The Hall–Kier alpha value is -1.88. The molecule has 0 saturated carbocycles. The third kappa shape index (κ3) is 3.32. The number of rotatable bonds is 5. The molecule has 2 aromatic rings. The van der Waals surface area contributed by atoms with Gasteiger partial charge >= 0.3 is 5.97 Å². The minimum Gasteiger partial charge on any atom is -0.486 e. The highest BCUT2D eigenvalue weighted by atomic mass is 32.1. The lowest BCUT2D eigenvalue weighted by molar-refractivity contribution is 0.0701. The highest BCUT2D eigenvalue weighted by Gasteiger charge is 2.14. The van der Waals surface area contributed by atoms with E-state index in [1.54, 1.807) is 6.92 Å². The van der Waals surface area contributed by atoms with Gasteiger partial charge in [0.2, 0.25) is 0 Å². The van der Waals surface area contributed by atoms with Gasteiger partial charge in [-0.2, -0.15) is 0 Å². The average Bonchev–Trinajstić information content (AvgIpc) is 2.78. The second-order valence-corrected chi connectivity index (χ2v) is 5.20. The van der Waals surface area contributed by atoms with Crippen LogP contribution < -0.4 is 4.74 Å². The van der Waals surface area contributed by atoms with Crippen molar-refractivity contribution in [2.24, 2.45) is 0 Å². The number of hydrogen-bond donors (Lipinski definition) is 1. The zero-order valence-corrected chi connectivity index (χ0v) is 11.7. The van der Waals surface area contributed by atoms with E-state index >= 15 is 0 Å². The summed E-state index contributed by atoms with van der Waals surface area (Å²) in [4.78, 5) is 15.4. The number of thiazole rings is 1. The Labute approximate surface area is 115 Å². The fraction of sp³-hybridized carbons (Fsp3) is 0.286. The van der Waals surface area contributed by atoms with E-state index in [4.69, 9.17) is 9.84 Å². The number of aryl methyl sites for hydroxylation is 2. The third-order valence-corrected chi connectivity index (χ3v) is 3.82. The van der Waals surface area contributed by atoms with E-state index < -0.39 is 5.97 Å². The largest absolute Gasteiger partial charge is 0.486 e. The first-order chi connectivity index (χ1) is 9.10. The van der Waals surface area contributed by atoms with Crippen LogP contribution in [-0.4, -0.2) is 16.1 Å². The predicted molar refractivity (Wildman–Crippen MR) is 74.0 cm³/mol. The zero-order chi connectivity index (χ0) is 13.8. The second kappa shape index (κ2) is 5.84. The molecule has 0 aliphatic heterocycles. The number of carboxylic acid groups (broad SMARTS) is 1. The van der Waals surface area contributed by atoms with Crippen LogP contribution in [0.5, 0.6) is 5.75 Å². The van der Waals surface area contributed by atoms with Crippen LogP contribution in [0.25, 0.3) is 0 Å². The summed E-state index contributed by atoms with van der Waals surface area (Å²) in [6, 6.07) is 7.86. The molecule has 0 fully saturated rings. The van der Waals surface area contributed by atoms with E-state index in [1.165, 1.54) is 5.56 Å². The first-order valence-corrected chi connectivity index (χ1v) is 6.83. The Morgan fingerprint density at radius 3 is 2.89 bits per heavy atom. The molecule has 1 heterocycles. The predicted octanol–water partition coefficient (Wildman–Crippen LogP) is 3.29. The Bertz CT molecular complexity index is 592. The topological polar surface area (TPSA) is 59.4 Å². The number of nitrogens with zero attached hydrogens (tertiary/aromatic N) is 1. The number of hydrogen-bond acceptors (Lipinski definition) is 4. The molecule has 1 aromatic heterocycles. The van der Waals surface area contributed by atoms with Crippen molar-refractivity contribution < 1.29 is 14.6 Å². The van der Waals surface area contributed by atoms with Crippen LogP contribution in [0.4, 0.5) is 0 Å². The van der Waals surface area contributed by atoms with Gasteiger partial charge in [-0.25, -0.2) is 9.78 Å². The molecule has 0 saturated heterocycles. The highest BCUT2D eigenvalue weighted by molar-refractivity contribution is 7.13. The van der Waals surface area contributed by atoms with Crippen LogP contribution in [0.3, 0.4) is 0 Å². The van der Waals surface area contributed by atoms with Gasteiger partial charge in [-0.15, -0.1) is 11.3 Å². The molecule has 0 amide bonds. The Kier molecular flexibility index (Phi) is 4.16. The molecule has 0 radical (unpaired) electrons. The molecular weight excluding hydrogens is 262 g/mol. The Balaban J connectivity index is 2.06. The van der Waals surface area contributed by atoms with Crippen molar-refractivity contribution >= 4 is 17.3 Å². The van der Waals surface area contributed by atoms with Crippen molar-refractivity contribution in [2.75, 3.05) is 0 Å². The average molecular weight is 277 g/mol. The van der Waals surface area contributed by atoms with Crippen LogP contribution >= 0.6 is 11.3 Å². The van der Waals surface area contributed by atoms with Crippen LogP contribution in [0.1, 0.15) is 32.9 Å². The van der Waals surface area contributed by atoms with E-state index in [-0.39, 0.29) is 4.88 Å². The summed E-state index contributed by atoms with van der Waals surface area (Å²) in [7, 11) is 0. The lowest BCUT2D eigenvalue weighted by atomic mass is 10.2. The molecule has 5 heteroatoms. The van der Waals surface area contributed by atoms with E-state index in [1.807, 2.05) is 24.3 Å². The van der Waals surface area contributed by atoms with Crippen LogP contribution in [0, 0.1) is 6.92 Å². The maximum absolute atomic E-state index is 10.9. The SMILES string of the molecule is CCc1cccc(OCc2nc(C)c(C(=O)O)s2)c1. The summed E-state index contributed by atoms with van der Waals surface area (Å²) in [5.74, 6) is -0.154. The standard InChI is InChI=1S/C14H15NO3S/c1-3-10-5-4-6-11(7-10)18-8-12-15-9(2)13(19-12)14(16)17/h4-7H,3,8H2,1-2H3,(H,16,17). The molecule has 0 spiro atoms. The van der Waals surface area contributed by atoms with Gasteiger partial charge in [0, 0.05) is 0 Å². The lowest BCUT2D eigenvalue weighted by Crippen LogP contribution is -1.95. The molecule has 0 unspecified atom stereocenters. The molecule has 0 aliphatic carbocycles. The summed E-state index contributed by atoms with van der Waals surface area (Å²) in [5, 5.41) is 9.64. The van der Waals surface area contributed by atoms with Crippen LogP contribution in [0.2, 0.25) is 0 Å². The van der Waals surface area contributed by atoms with Gasteiger partial charge < -0.3 is 9.84 Å². The van der Waals surface area contributed by atoms with Crippen molar-refractivity contribution in [3.63, 3.8) is 0 Å². The zero-order valence-electron chi connectivity index (χ0n) is 10.8. The summed E-state index contributed by atoms with van der Waals surface area (Å²) in [6.45, 7) is 4.08. The molecule has 0 bridgehead atoms. The van der Waals surface area contributed by atoms with E-state index in [2.05, 4.69) is 11.9 Å². The molecule has 100 valence electrons. The molecule has 1 N–H and O–H groups in total. The van der Waals surface area contributed by atoms with E-state index in [0.29, 0.717) is 17.3 Å². The van der Waals surface area contributed by atoms with Gasteiger partial charge in [0.15, 0.2) is 0 Å². The van der Waals surface area contributed by atoms with Crippen molar-refractivity contribution in [3.8, 4) is 5.75 Å². The summed E-state index contributed by atoms with van der Waals surface area (Å²) in [6.07, 6.45) is 0.955. The van der Waals surface area contributed by atoms with Gasteiger partial charge in [-0.1, -0.05) is 19.1 Å². The number of carboxylic acids is 1. The van der Waals surface area contributed by atoms with Gasteiger partial charge in [0.1, 0.15) is 22.2 Å². The normalized spacial score (nSPS) is 10.4. The number of benzene rings is 1. The van der Waals surface area contributed by atoms with Crippen molar-refractivity contribution in [3.05, 3.63) is 45.4 Å². The number of carbonyl (C=O) groups is 1. The molecule has 19 heavy (non-hydrogen) atoms. The molecule has 0 aliphatic rings. The van der Waals surface area contributed by atoms with Gasteiger partial charge in [-0.05, 0) is 31.0 Å². The Morgan fingerprint density at radius 2 is 2.26 bits per heavy atom. The third-order valence-electron chi connectivity index (χ3n) is 2.70. The second-order valence-electron chi connectivity index (χ2n) is 4.12. The number of aromatic carboxylic acids is 1. The first-order valence-electron chi connectivity index (χ1n) is 6.01. The monoisotopic (exact) mass is 277 g/mol. The minimum absolute atomic E-state index is 0.279. The van der Waals surface area contributed by atoms with Gasteiger partial charge in [0.05, 0.1) is 5.69 Å². The minimum atomic E-state index is -0.936. The number of aromatic nitrogens is 1. The summed E-state index contributed by atoms with van der Waals surface area (Å²) >= 11 is 1.16. The van der Waals surface area contributed by atoms with Crippen LogP contribution in [-0.2, 0) is 13.0 Å². The van der Waals surface area contributed by atoms with E-state index in [0.717, 1.165) is 23.5 Å². The van der Waals surface area contributed by atoms with Crippen molar-refractivity contribution in [2.45, 2.75) is 26.9 Å². The lowest BCUT2D eigenvalue weighted by Gasteiger charge is -2.05. The highest BCUT2D eigenvalue weighted by Crippen LogP contribution is 2.20. The molecule has 4 nitrogen and oxygen atoms in total. The van der Waals surface area contributed by atoms with Gasteiger partial charge in [0.25, 0.3) is 0 Å². The fourth-order valence-electron chi connectivity index (χ4n) is 1.71. The van der Waals surface area contributed by atoms with E-state index in [9.17, 15) is 4.79 Å². The van der Waals surface area contributed by atoms with Crippen LogP contribution in [0.15, 0.2) is 24.3 Å². The molecule has 0 atom stereocenters. The van der Waals surface area contributed by atoms with Crippen molar-refractivity contribution in [1.29, 1.82) is 0 Å². The molecular formula is C14H15NO3S. The maximum atomic E-state index is 10.9.